The fraction of sp³-hybridized carbons (Fsp3) is 0.980. The number of hydrogen-bond acceptors (Lipinski definition) is 7. The monoisotopic (exact) mass is 860 g/mol. The van der Waals surface area contributed by atoms with Crippen LogP contribution in [-0.4, -0.2) is 70.7 Å². The maximum absolute atomic E-state index is 12.7. The van der Waals surface area contributed by atoms with Crippen LogP contribution >= 0.6 is 7.82 Å². The molecule has 0 bridgehead atoms. The van der Waals surface area contributed by atoms with Crippen molar-refractivity contribution < 1.29 is 37.3 Å². The van der Waals surface area contributed by atoms with Gasteiger partial charge in [-0.15, -0.1) is 0 Å². The minimum atomic E-state index is -4.52. The first-order valence-electron chi connectivity index (χ1n) is 25.8. The number of esters is 1. The van der Waals surface area contributed by atoms with Crippen LogP contribution in [0.25, 0.3) is 0 Å². The summed E-state index contributed by atoms with van der Waals surface area (Å²) in [5, 5.41) is 0. The van der Waals surface area contributed by atoms with E-state index in [0.29, 0.717) is 24.1 Å². The zero-order valence-electron chi connectivity index (χ0n) is 40.2. The van der Waals surface area contributed by atoms with Gasteiger partial charge < -0.3 is 27.9 Å². The first-order chi connectivity index (χ1) is 28.6. The van der Waals surface area contributed by atoms with Gasteiger partial charge in [0.15, 0.2) is 0 Å². The Labute approximate surface area is 368 Å². The van der Waals surface area contributed by atoms with E-state index in [2.05, 4.69) is 13.8 Å². The van der Waals surface area contributed by atoms with Gasteiger partial charge in [0.25, 0.3) is 7.82 Å². The molecular weight excluding hydrogens is 758 g/mol. The molecule has 2 unspecified atom stereocenters. The van der Waals surface area contributed by atoms with E-state index in [9.17, 15) is 14.3 Å². The molecule has 0 aromatic carbocycles. The highest BCUT2D eigenvalue weighted by molar-refractivity contribution is 7.45. The van der Waals surface area contributed by atoms with Crippen LogP contribution in [0.2, 0.25) is 0 Å². The van der Waals surface area contributed by atoms with Crippen molar-refractivity contribution in [2.75, 3.05) is 54.1 Å². The van der Waals surface area contributed by atoms with Gasteiger partial charge in [0.2, 0.25) is 0 Å². The average molecular weight is 860 g/mol. The topological polar surface area (TPSA) is 94.1 Å². The molecule has 0 radical (unpaired) electrons. The van der Waals surface area contributed by atoms with Crippen LogP contribution in [0.3, 0.4) is 0 Å². The van der Waals surface area contributed by atoms with Crippen LogP contribution in [0.5, 0.6) is 0 Å². The minimum Gasteiger partial charge on any atom is -0.756 e. The van der Waals surface area contributed by atoms with Crippen LogP contribution in [0.1, 0.15) is 258 Å². The van der Waals surface area contributed by atoms with Crippen LogP contribution in [0.15, 0.2) is 0 Å². The van der Waals surface area contributed by atoms with Crippen molar-refractivity contribution in [3.8, 4) is 0 Å². The van der Waals surface area contributed by atoms with E-state index >= 15 is 0 Å². The van der Waals surface area contributed by atoms with Gasteiger partial charge in [-0.2, -0.15) is 0 Å². The van der Waals surface area contributed by atoms with E-state index in [1.165, 1.54) is 205 Å². The Bertz CT molecular complexity index is 914. The average Bonchev–Trinajstić information content (AvgIpc) is 3.19. The quantitative estimate of drug-likeness (QED) is 0.0260. The highest BCUT2D eigenvalue weighted by atomic mass is 31.2. The smallest absolute Gasteiger partial charge is 0.306 e. The molecule has 0 saturated carbocycles. The van der Waals surface area contributed by atoms with E-state index in [4.69, 9.17) is 18.5 Å². The number of likely N-dealkylation sites (N-methyl/N-ethyl adjacent to an activating group) is 1. The third kappa shape index (κ3) is 48.4. The van der Waals surface area contributed by atoms with E-state index in [0.717, 1.165) is 32.1 Å². The summed E-state index contributed by atoms with van der Waals surface area (Å²) in [5.74, 6) is -0.326. The highest BCUT2D eigenvalue weighted by Crippen LogP contribution is 2.38. The number of phosphoric ester groups is 1. The lowest BCUT2D eigenvalue weighted by atomic mass is 10.0. The molecule has 9 heteroatoms. The summed E-state index contributed by atoms with van der Waals surface area (Å²) in [4.78, 5) is 25.1. The summed E-state index contributed by atoms with van der Waals surface area (Å²) in [6.07, 6.45) is 48.4. The van der Waals surface area contributed by atoms with Crippen LogP contribution in [0, 0.1) is 0 Å². The molecule has 0 N–H and O–H groups in total. The predicted molar refractivity (Wildman–Crippen MR) is 250 cm³/mol. The maximum atomic E-state index is 12.7. The molecule has 0 aliphatic heterocycles. The van der Waals surface area contributed by atoms with E-state index < -0.39 is 13.9 Å². The second-order valence-electron chi connectivity index (χ2n) is 18.9. The normalized spacial score (nSPS) is 13.5. The molecule has 0 amide bonds. The number of ether oxygens (including phenoxy) is 2. The largest absolute Gasteiger partial charge is 0.756 e. The standard InChI is InChI=1S/C50H102NO7P/c1-6-8-10-12-14-16-18-20-22-23-24-25-26-27-28-30-32-34-36-38-40-42-45-55-47-49(48-57-59(53,54)56-46-44-51(3,4)5)58-50(52)43-41-39-37-35-33-31-29-21-19-17-15-13-11-9-7-2/h49H,6-48H2,1-5H3. The zero-order valence-corrected chi connectivity index (χ0v) is 41.1. The highest BCUT2D eigenvalue weighted by Gasteiger charge is 2.20. The van der Waals surface area contributed by atoms with Gasteiger partial charge in [0.05, 0.1) is 34.4 Å². The van der Waals surface area contributed by atoms with Crippen LogP contribution in [0.4, 0.5) is 0 Å². The van der Waals surface area contributed by atoms with Crippen molar-refractivity contribution in [3.63, 3.8) is 0 Å². The maximum Gasteiger partial charge on any atom is 0.306 e. The SMILES string of the molecule is CCCCCCCCCCCCCCCCCCCCCCCCOCC(COP(=O)([O-])OCC[N+](C)(C)C)OC(=O)CCCCCCCCCCCCCCCCC. The molecule has 2 atom stereocenters. The Morgan fingerprint density at radius 3 is 1.12 bits per heavy atom. The van der Waals surface area contributed by atoms with E-state index in [1.54, 1.807) is 0 Å². The molecule has 0 saturated heterocycles. The second-order valence-corrected chi connectivity index (χ2v) is 20.3. The molecule has 0 fully saturated rings. The molecule has 0 rings (SSSR count). The van der Waals surface area contributed by atoms with Gasteiger partial charge in [-0.05, 0) is 12.8 Å². The minimum absolute atomic E-state index is 0.0317. The Morgan fingerprint density at radius 1 is 0.458 bits per heavy atom. The third-order valence-electron chi connectivity index (χ3n) is 11.7. The molecule has 0 aromatic heterocycles. The Kier molecular flexibility index (Phi) is 43.7. The second kappa shape index (κ2) is 44.1. The van der Waals surface area contributed by atoms with Crippen molar-refractivity contribution in [3.05, 3.63) is 0 Å². The number of nitrogens with zero attached hydrogens (tertiary/aromatic N) is 1. The molecule has 0 aromatic rings. The van der Waals surface area contributed by atoms with Gasteiger partial charge in [-0.3, -0.25) is 9.36 Å². The zero-order chi connectivity index (χ0) is 43.4. The fourth-order valence-corrected chi connectivity index (χ4v) is 8.40. The van der Waals surface area contributed by atoms with Crippen LogP contribution < -0.4 is 4.89 Å². The molecular formula is C50H102NO7P. The molecule has 0 spiro atoms. The lowest BCUT2D eigenvalue weighted by molar-refractivity contribution is -0.870. The number of quaternary nitrogens is 1. The van der Waals surface area contributed by atoms with Crippen molar-refractivity contribution in [1.82, 2.24) is 0 Å². The Morgan fingerprint density at radius 2 is 0.780 bits per heavy atom. The summed E-state index contributed by atoms with van der Waals surface area (Å²) in [7, 11) is 1.38. The van der Waals surface area contributed by atoms with Gasteiger partial charge in [-0.1, -0.05) is 239 Å². The lowest BCUT2D eigenvalue weighted by Gasteiger charge is -2.28. The predicted octanol–water partition coefficient (Wildman–Crippen LogP) is 15.0. The van der Waals surface area contributed by atoms with Gasteiger partial charge in [-0.25, -0.2) is 0 Å². The van der Waals surface area contributed by atoms with Crippen molar-refractivity contribution in [2.24, 2.45) is 0 Å². The number of phosphoric acid groups is 1. The third-order valence-corrected chi connectivity index (χ3v) is 12.6. The number of carbonyl (C=O) groups excluding carboxylic acids is 1. The number of unbranched alkanes of at least 4 members (excludes halogenated alkanes) is 35. The first-order valence-corrected chi connectivity index (χ1v) is 27.2. The summed E-state index contributed by atoms with van der Waals surface area (Å²) >= 11 is 0. The van der Waals surface area contributed by atoms with Crippen molar-refractivity contribution in [1.29, 1.82) is 0 Å². The van der Waals surface area contributed by atoms with Gasteiger partial charge in [0.1, 0.15) is 19.3 Å². The van der Waals surface area contributed by atoms with E-state index in [-0.39, 0.29) is 25.8 Å². The molecule has 354 valence electrons. The summed E-state index contributed by atoms with van der Waals surface area (Å²) < 4.78 is 34.7. The molecule has 59 heavy (non-hydrogen) atoms. The molecule has 0 heterocycles. The van der Waals surface area contributed by atoms with Gasteiger partial charge in [0, 0.05) is 13.0 Å². The summed E-state index contributed by atoms with van der Waals surface area (Å²) in [6.45, 7) is 5.49. The van der Waals surface area contributed by atoms with Crippen LogP contribution in [-0.2, 0) is 27.9 Å². The van der Waals surface area contributed by atoms with Crippen molar-refractivity contribution in [2.45, 2.75) is 264 Å². The molecule has 8 nitrogen and oxygen atoms in total. The Hall–Kier alpha value is -0.500. The fourth-order valence-electron chi connectivity index (χ4n) is 7.67. The number of carbonyl (C=O) groups is 1. The van der Waals surface area contributed by atoms with E-state index in [1.807, 2.05) is 21.1 Å². The van der Waals surface area contributed by atoms with Gasteiger partial charge >= 0.3 is 5.97 Å². The number of hydrogen-bond donors (Lipinski definition) is 0. The Balaban J connectivity index is 4.05. The van der Waals surface area contributed by atoms with Crippen molar-refractivity contribution >= 4 is 13.8 Å². The lowest BCUT2D eigenvalue weighted by Crippen LogP contribution is -2.37. The summed E-state index contributed by atoms with van der Waals surface area (Å²) in [5.41, 5.74) is 0. The summed E-state index contributed by atoms with van der Waals surface area (Å²) in [6, 6.07) is 0. The first kappa shape index (κ1) is 58.5. The molecule has 0 aliphatic carbocycles. The number of rotatable bonds is 49. The molecule has 0 aliphatic rings.